The van der Waals surface area contributed by atoms with E-state index in [-0.39, 0.29) is 11.4 Å². The van der Waals surface area contributed by atoms with Crippen LogP contribution in [0.15, 0.2) is 0 Å². The minimum atomic E-state index is -0.613. The van der Waals surface area contributed by atoms with Crippen LogP contribution in [0.1, 0.15) is 58.3 Å². The maximum atomic E-state index is 12.8. The van der Waals surface area contributed by atoms with Crippen LogP contribution >= 0.6 is 0 Å². The predicted molar refractivity (Wildman–Crippen MR) is 91.5 cm³/mol. The van der Waals surface area contributed by atoms with Crippen LogP contribution < -0.4 is 10.6 Å². The quantitative estimate of drug-likeness (QED) is 0.826. The Balaban J connectivity index is 1.56. The Morgan fingerprint density at radius 3 is 2.48 bits per heavy atom. The standard InChI is InChI=1S/C18H33N3O2/c1-17(7-4-8-17)20-16(22)18(23-2)9-13-21(14-10-18)15-5-3-11-19-12-6-15/h15,19H,3-14H2,1-2H3,(H,20,22). The number of amides is 1. The van der Waals surface area contributed by atoms with Crippen LogP contribution in [0.25, 0.3) is 0 Å². The van der Waals surface area contributed by atoms with Crippen molar-refractivity contribution in [3.63, 3.8) is 0 Å². The Morgan fingerprint density at radius 1 is 1.13 bits per heavy atom. The highest BCUT2D eigenvalue weighted by Crippen LogP contribution is 2.34. The first-order valence-corrected chi connectivity index (χ1v) is 9.39. The van der Waals surface area contributed by atoms with E-state index in [4.69, 9.17) is 4.74 Å². The van der Waals surface area contributed by atoms with E-state index in [1.807, 2.05) is 0 Å². The summed E-state index contributed by atoms with van der Waals surface area (Å²) in [7, 11) is 1.70. The van der Waals surface area contributed by atoms with E-state index < -0.39 is 5.60 Å². The zero-order chi connectivity index (χ0) is 16.3. The van der Waals surface area contributed by atoms with E-state index in [1.54, 1.807) is 7.11 Å². The Morgan fingerprint density at radius 2 is 1.87 bits per heavy atom. The minimum absolute atomic E-state index is 0.00665. The van der Waals surface area contributed by atoms with Crippen LogP contribution in [-0.2, 0) is 9.53 Å². The smallest absolute Gasteiger partial charge is 0.252 e. The van der Waals surface area contributed by atoms with Gasteiger partial charge in [0.2, 0.25) is 0 Å². The number of nitrogens with one attached hydrogen (secondary N) is 2. The molecule has 1 amide bonds. The van der Waals surface area contributed by atoms with Crippen molar-refractivity contribution in [3.05, 3.63) is 0 Å². The van der Waals surface area contributed by atoms with E-state index in [0.29, 0.717) is 6.04 Å². The lowest BCUT2D eigenvalue weighted by atomic mass is 9.77. The van der Waals surface area contributed by atoms with E-state index in [2.05, 4.69) is 22.5 Å². The molecule has 5 heteroatoms. The summed E-state index contributed by atoms with van der Waals surface area (Å²) in [6.07, 6.45) is 8.81. The molecule has 1 atom stereocenters. The first-order valence-electron chi connectivity index (χ1n) is 9.39. The molecule has 132 valence electrons. The third-order valence-electron chi connectivity index (χ3n) is 6.34. The number of carbonyl (C=O) groups is 1. The van der Waals surface area contributed by atoms with Crippen molar-refractivity contribution in [1.29, 1.82) is 0 Å². The van der Waals surface area contributed by atoms with Crippen molar-refractivity contribution < 1.29 is 9.53 Å². The molecule has 0 aromatic heterocycles. The SMILES string of the molecule is COC1(C(=O)NC2(C)CCC2)CCN(C2CCCNCC2)CC1. The number of carbonyl (C=O) groups excluding carboxylic acids is 1. The molecule has 0 bridgehead atoms. The van der Waals surface area contributed by atoms with Gasteiger partial charge in [0.1, 0.15) is 5.60 Å². The van der Waals surface area contributed by atoms with Crippen molar-refractivity contribution >= 4 is 5.91 Å². The molecular formula is C18H33N3O2. The molecule has 1 unspecified atom stereocenters. The van der Waals surface area contributed by atoms with Crippen LogP contribution in [0.5, 0.6) is 0 Å². The van der Waals surface area contributed by atoms with E-state index in [0.717, 1.165) is 51.9 Å². The molecule has 3 aliphatic rings. The lowest BCUT2D eigenvalue weighted by Gasteiger charge is -2.46. The lowest BCUT2D eigenvalue weighted by Crippen LogP contribution is -2.62. The zero-order valence-corrected chi connectivity index (χ0v) is 14.8. The van der Waals surface area contributed by atoms with Gasteiger partial charge in [0.15, 0.2) is 0 Å². The topological polar surface area (TPSA) is 53.6 Å². The maximum Gasteiger partial charge on any atom is 0.252 e. The lowest BCUT2D eigenvalue weighted by molar-refractivity contribution is -0.153. The number of ether oxygens (including phenoxy) is 1. The highest BCUT2D eigenvalue weighted by molar-refractivity contribution is 5.86. The first kappa shape index (κ1) is 17.2. The Labute approximate surface area is 140 Å². The average Bonchev–Trinajstić information content (AvgIpc) is 2.82. The third-order valence-corrected chi connectivity index (χ3v) is 6.34. The fourth-order valence-electron chi connectivity index (χ4n) is 4.36. The van der Waals surface area contributed by atoms with Gasteiger partial charge in [0, 0.05) is 31.8 Å². The molecule has 0 radical (unpaired) electrons. The van der Waals surface area contributed by atoms with E-state index in [9.17, 15) is 4.79 Å². The van der Waals surface area contributed by atoms with Gasteiger partial charge in [-0.2, -0.15) is 0 Å². The predicted octanol–water partition coefficient (Wildman–Crippen LogP) is 1.67. The van der Waals surface area contributed by atoms with E-state index >= 15 is 0 Å². The summed E-state index contributed by atoms with van der Waals surface area (Å²) in [4.78, 5) is 15.4. The average molecular weight is 323 g/mol. The second-order valence-corrected chi connectivity index (χ2v) is 7.94. The number of hydrogen-bond acceptors (Lipinski definition) is 4. The van der Waals surface area contributed by atoms with Crippen molar-refractivity contribution in [2.75, 3.05) is 33.3 Å². The summed E-state index contributed by atoms with van der Waals surface area (Å²) >= 11 is 0. The van der Waals surface area contributed by atoms with Gasteiger partial charge in [0.25, 0.3) is 5.91 Å². The van der Waals surface area contributed by atoms with Gasteiger partial charge >= 0.3 is 0 Å². The minimum Gasteiger partial charge on any atom is -0.368 e. The van der Waals surface area contributed by atoms with Crippen molar-refractivity contribution in [1.82, 2.24) is 15.5 Å². The molecule has 2 saturated heterocycles. The summed E-state index contributed by atoms with van der Waals surface area (Å²) in [5.41, 5.74) is -0.606. The van der Waals surface area contributed by atoms with Gasteiger partial charge in [-0.05, 0) is 71.4 Å². The summed E-state index contributed by atoms with van der Waals surface area (Å²) in [5, 5.41) is 6.75. The van der Waals surface area contributed by atoms with Gasteiger partial charge in [0.05, 0.1) is 0 Å². The highest BCUT2D eigenvalue weighted by atomic mass is 16.5. The molecular weight excluding hydrogens is 290 g/mol. The second-order valence-electron chi connectivity index (χ2n) is 7.94. The molecule has 2 heterocycles. The van der Waals surface area contributed by atoms with Crippen molar-refractivity contribution in [2.24, 2.45) is 0 Å². The molecule has 2 N–H and O–H groups in total. The Hall–Kier alpha value is -0.650. The second kappa shape index (κ2) is 7.08. The van der Waals surface area contributed by atoms with Gasteiger partial charge < -0.3 is 20.3 Å². The summed E-state index contributed by atoms with van der Waals surface area (Å²) in [6.45, 7) is 6.37. The Kier molecular flexibility index (Phi) is 5.29. The molecule has 1 aliphatic carbocycles. The molecule has 5 nitrogen and oxygen atoms in total. The largest absolute Gasteiger partial charge is 0.368 e. The maximum absolute atomic E-state index is 12.8. The van der Waals surface area contributed by atoms with Crippen molar-refractivity contribution in [3.8, 4) is 0 Å². The highest BCUT2D eigenvalue weighted by Gasteiger charge is 2.45. The number of methoxy groups -OCH3 is 1. The fourth-order valence-corrected chi connectivity index (χ4v) is 4.36. The number of nitrogens with zero attached hydrogens (tertiary/aromatic N) is 1. The van der Waals surface area contributed by atoms with Gasteiger partial charge in [-0.15, -0.1) is 0 Å². The van der Waals surface area contributed by atoms with E-state index in [1.165, 1.54) is 25.7 Å². The van der Waals surface area contributed by atoms with Crippen LogP contribution in [-0.4, -0.2) is 61.3 Å². The normalized spacial score (nSPS) is 31.0. The molecule has 23 heavy (non-hydrogen) atoms. The molecule has 3 rings (SSSR count). The molecule has 3 fully saturated rings. The number of piperidine rings is 1. The summed E-state index contributed by atoms with van der Waals surface area (Å²) < 4.78 is 5.76. The molecule has 0 spiro atoms. The van der Waals surface area contributed by atoms with Crippen molar-refractivity contribution in [2.45, 2.75) is 75.5 Å². The monoisotopic (exact) mass is 323 g/mol. The summed E-state index contributed by atoms with van der Waals surface area (Å²) in [6, 6.07) is 0.673. The van der Waals surface area contributed by atoms with Gasteiger partial charge in [-0.1, -0.05) is 0 Å². The first-order chi connectivity index (χ1) is 11.1. The van der Waals surface area contributed by atoms with Crippen LogP contribution in [0.3, 0.4) is 0 Å². The summed E-state index contributed by atoms with van der Waals surface area (Å²) in [5.74, 6) is 0.115. The molecule has 0 aromatic carbocycles. The number of rotatable bonds is 4. The van der Waals surface area contributed by atoms with Crippen LogP contribution in [0, 0.1) is 0 Å². The van der Waals surface area contributed by atoms with Gasteiger partial charge in [-0.25, -0.2) is 0 Å². The third kappa shape index (κ3) is 3.72. The number of hydrogen-bond donors (Lipinski definition) is 2. The number of likely N-dealkylation sites (tertiary alicyclic amines) is 1. The Bertz CT molecular complexity index is 406. The van der Waals surface area contributed by atoms with Crippen LogP contribution in [0.4, 0.5) is 0 Å². The molecule has 1 saturated carbocycles. The van der Waals surface area contributed by atoms with Gasteiger partial charge in [-0.3, -0.25) is 4.79 Å². The zero-order valence-electron chi connectivity index (χ0n) is 14.8. The molecule has 2 aliphatic heterocycles. The fraction of sp³-hybridized carbons (Fsp3) is 0.944. The van der Waals surface area contributed by atoms with Crippen LogP contribution in [0.2, 0.25) is 0 Å². The molecule has 0 aromatic rings.